The maximum absolute atomic E-state index is 5.35. The minimum atomic E-state index is -2.16. The van der Waals surface area contributed by atoms with Gasteiger partial charge in [0, 0.05) is 0 Å². The van der Waals surface area contributed by atoms with Crippen molar-refractivity contribution in [1.29, 1.82) is 0 Å². The van der Waals surface area contributed by atoms with Gasteiger partial charge in [0.2, 0.25) is 0 Å². The van der Waals surface area contributed by atoms with Crippen molar-refractivity contribution in [3.05, 3.63) is 29.8 Å². The van der Waals surface area contributed by atoms with Crippen LogP contribution in [0.4, 0.5) is 0 Å². The van der Waals surface area contributed by atoms with Gasteiger partial charge in [-0.05, 0) is 0 Å². The summed E-state index contributed by atoms with van der Waals surface area (Å²) in [5.74, 6) is 0.984. The van der Waals surface area contributed by atoms with E-state index in [1.165, 1.54) is 38.5 Å². The molecule has 0 spiro atoms. The Labute approximate surface area is 149 Å². The van der Waals surface area contributed by atoms with E-state index in [4.69, 9.17) is 4.74 Å². The first kappa shape index (κ1) is 20.9. The molecule has 0 aliphatic carbocycles. The van der Waals surface area contributed by atoms with Gasteiger partial charge >= 0.3 is 149 Å². The Morgan fingerprint density at radius 2 is 1.26 bits per heavy atom. The predicted molar refractivity (Wildman–Crippen MR) is 106 cm³/mol. The van der Waals surface area contributed by atoms with Crippen molar-refractivity contribution in [1.82, 2.24) is 0 Å². The van der Waals surface area contributed by atoms with Crippen LogP contribution in [0, 0.1) is 0 Å². The zero-order valence-electron chi connectivity index (χ0n) is 16.2. The summed E-state index contributed by atoms with van der Waals surface area (Å²) >= 11 is -2.16. The molecule has 0 radical (unpaired) electrons. The molecule has 0 aromatic heterocycles. The van der Waals surface area contributed by atoms with Crippen molar-refractivity contribution in [2.75, 3.05) is 7.11 Å². The van der Waals surface area contributed by atoms with Gasteiger partial charge in [-0.25, -0.2) is 0 Å². The van der Waals surface area contributed by atoms with Crippen LogP contribution in [0.2, 0.25) is 13.3 Å². The summed E-state index contributed by atoms with van der Waals surface area (Å²) in [5.41, 5.74) is 1.57. The third kappa shape index (κ3) is 6.32. The Bertz CT molecular complexity index is 391. The van der Waals surface area contributed by atoms with Gasteiger partial charge in [0.05, 0.1) is 0 Å². The van der Waals surface area contributed by atoms with Crippen molar-refractivity contribution in [2.24, 2.45) is 0 Å². The summed E-state index contributed by atoms with van der Waals surface area (Å²) in [6.07, 6.45) is 8.41. The molecule has 0 bridgehead atoms. The predicted octanol–water partition coefficient (Wildman–Crippen LogP) is 7.19. The maximum atomic E-state index is 5.35. The van der Waals surface area contributed by atoms with Crippen LogP contribution in [-0.2, 0) is 0 Å². The van der Waals surface area contributed by atoms with Gasteiger partial charge in [-0.3, -0.25) is 0 Å². The first-order valence-corrected chi connectivity index (χ1v) is 17.5. The molecule has 0 amide bonds. The van der Waals surface area contributed by atoms with Crippen molar-refractivity contribution < 1.29 is 4.74 Å². The zero-order chi connectivity index (χ0) is 17.1. The minimum absolute atomic E-state index is 0.833. The van der Waals surface area contributed by atoms with E-state index in [1.807, 2.05) is 0 Å². The third-order valence-electron chi connectivity index (χ3n) is 5.62. The first-order valence-electron chi connectivity index (χ1n) is 9.77. The molecule has 1 atom stereocenters. The average Bonchev–Trinajstić information content (AvgIpc) is 2.61. The number of methoxy groups -OCH3 is 1. The van der Waals surface area contributed by atoms with Crippen LogP contribution in [0.1, 0.15) is 75.7 Å². The van der Waals surface area contributed by atoms with Gasteiger partial charge in [0.25, 0.3) is 0 Å². The van der Waals surface area contributed by atoms with E-state index in [1.54, 1.807) is 26.0 Å². The number of hydrogen-bond acceptors (Lipinski definition) is 1. The van der Waals surface area contributed by atoms with Gasteiger partial charge in [0.15, 0.2) is 0 Å². The summed E-state index contributed by atoms with van der Waals surface area (Å²) in [6, 6.07) is 8.97. The SMILES string of the molecule is CCC[CH2][Sn]([CH2]CCC)([CH2]CCC)[CH](C)c1ccc(OC)cc1. The number of unbranched alkanes of at least 4 members (excludes halogenated alkanes) is 3. The normalized spacial score (nSPS) is 13.1. The summed E-state index contributed by atoms with van der Waals surface area (Å²) in [6.45, 7) is 9.62. The quantitative estimate of drug-likeness (QED) is 0.322. The van der Waals surface area contributed by atoms with Crippen LogP contribution in [-0.4, -0.2) is 25.5 Å². The van der Waals surface area contributed by atoms with Gasteiger partial charge < -0.3 is 0 Å². The Kier molecular flexibility index (Phi) is 10.3. The summed E-state index contributed by atoms with van der Waals surface area (Å²) in [7, 11) is 1.76. The second-order valence-corrected chi connectivity index (χ2v) is 21.7. The molecule has 23 heavy (non-hydrogen) atoms. The molecule has 132 valence electrons. The molecule has 0 aliphatic rings. The van der Waals surface area contributed by atoms with Crippen LogP contribution in [0.3, 0.4) is 0 Å². The number of benzene rings is 1. The van der Waals surface area contributed by atoms with Crippen LogP contribution in [0.5, 0.6) is 5.75 Å². The zero-order valence-corrected chi connectivity index (χ0v) is 19.0. The van der Waals surface area contributed by atoms with Crippen LogP contribution in [0.25, 0.3) is 0 Å². The molecule has 0 saturated carbocycles. The molecule has 1 nitrogen and oxygen atoms in total. The van der Waals surface area contributed by atoms with Crippen LogP contribution in [0.15, 0.2) is 24.3 Å². The number of rotatable bonds is 12. The topological polar surface area (TPSA) is 9.23 Å². The molecule has 0 fully saturated rings. The molecule has 2 heteroatoms. The van der Waals surface area contributed by atoms with Crippen molar-refractivity contribution in [3.63, 3.8) is 0 Å². The van der Waals surface area contributed by atoms with Crippen molar-refractivity contribution in [3.8, 4) is 5.75 Å². The van der Waals surface area contributed by atoms with E-state index in [0.29, 0.717) is 0 Å². The average molecular weight is 425 g/mol. The summed E-state index contributed by atoms with van der Waals surface area (Å²) in [5, 5.41) is 0. The third-order valence-corrected chi connectivity index (χ3v) is 23.4. The second-order valence-electron chi connectivity index (χ2n) is 7.17. The monoisotopic (exact) mass is 426 g/mol. The Morgan fingerprint density at radius 3 is 1.61 bits per heavy atom. The van der Waals surface area contributed by atoms with Gasteiger partial charge in [-0.15, -0.1) is 0 Å². The Balaban J connectivity index is 3.04. The fraction of sp³-hybridized carbons (Fsp3) is 0.714. The molecule has 1 unspecified atom stereocenters. The van der Waals surface area contributed by atoms with E-state index in [2.05, 4.69) is 52.0 Å². The van der Waals surface area contributed by atoms with Crippen LogP contribution >= 0.6 is 0 Å². The van der Waals surface area contributed by atoms with Crippen LogP contribution < -0.4 is 4.74 Å². The Hall–Kier alpha value is -0.181. The standard InChI is InChI=1S/C9H11O.3C4H9.Sn/c1-3-8-4-6-9(10-2)7-5-8;3*1-3-4-2;/h3-7H,1-2H3;3*1,3-4H2,2H3;. The van der Waals surface area contributed by atoms with E-state index >= 15 is 0 Å². The number of ether oxygens (including phenoxy) is 1. The fourth-order valence-corrected chi connectivity index (χ4v) is 21.3. The first-order chi connectivity index (χ1) is 11.1. The van der Waals surface area contributed by atoms with E-state index in [0.717, 1.165) is 9.68 Å². The fourth-order valence-electron chi connectivity index (χ4n) is 3.86. The molecular weight excluding hydrogens is 387 g/mol. The summed E-state index contributed by atoms with van der Waals surface area (Å²) < 4.78 is 10.9. The molecule has 0 heterocycles. The van der Waals surface area contributed by atoms with E-state index < -0.39 is 18.4 Å². The van der Waals surface area contributed by atoms with E-state index in [9.17, 15) is 0 Å². The molecular formula is C21H38OSn. The van der Waals surface area contributed by atoms with E-state index in [-0.39, 0.29) is 0 Å². The summed E-state index contributed by atoms with van der Waals surface area (Å²) in [4.78, 5) is 0. The number of hydrogen-bond donors (Lipinski definition) is 0. The van der Waals surface area contributed by atoms with Gasteiger partial charge in [-0.1, -0.05) is 0 Å². The second kappa shape index (κ2) is 11.4. The Morgan fingerprint density at radius 1 is 0.826 bits per heavy atom. The van der Waals surface area contributed by atoms with Gasteiger partial charge in [0.1, 0.15) is 0 Å². The molecule has 1 rings (SSSR count). The van der Waals surface area contributed by atoms with Crippen molar-refractivity contribution in [2.45, 2.75) is 83.5 Å². The molecule has 0 N–H and O–H groups in total. The molecule has 0 saturated heterocycles. The molecule has 0 aliphatic heterocycles. The molecule has 1 aromatic carbocycles. The molecule has 1 aromatic rings. The van der Waals surface area contributed by atoms with Gasteiger partial charge in [-0.2, -0.15) is 0 Å². The van der Waals surface area contributed by atoms with Crippen molar-refractivity contribution >= 4 is 18.4 Å².